The van der Waals surface area contributed by atoms with Crippen molar-refractivity contribution in [2.24, 2.45) is 0 Å². The van der Waals surface area contributed by atoms with Crippen molar-refractivity contribution in [2.75, 3.05) is 19.6 Å². The van der Waals surface area contributed by atoms with Crippen LogP contribution in [0.2, 0.25) is 0 Å². The third-order valence-electron chi connectivity index (χ3n) is 3.41. The van der Waals surface area contributed by atoms with Gasteiger partial charge in [0.2, 0.25) is 0 Å². The highest BCUT2D eigenvalue weighted by atomic mass is 32.1. The van der Waals surface area contributed by atoms with Crippen LogP contribution < -0.4 is 5.32 Å². The van der Waals surface area contributed by atoms with Crippen LogP contribution in [0.4, 0.5) is 0 Å². The van der Waals surface area contributed by atoms with Crippen molar-refractivity contribution in [3.63, 3.8) is 0 Å². The fourth-order valence-corrected chi connectivity index (χ4v) is 3.50. The Morgan fingerprint density at radius 3 is 2.82 bits per heavy atom. The van der Waals surface area contributed by atoms with Crippen molar-refractivity contribution in [2.45, 2.75) is 46.2 Å². The summed E-state index contributed by atoms with van der Waals surface area (Å²) < 4.78 is 0. The van der Waals surface area contributed by atoms with Gasteiger partial charge >= 0.3 is 0 Å². The average molecular weight is 253 g/mol. The molecule has 1 aliphatic heterocycles. The SMILES string of the molecule is CCCN(Cc1sc(C)nc1C)C1CCNC1. The normalized spacial score (nSPS) is 20.4. The predicted octanol–water partition coefficient (Wildman–Crippen LogP) is 2.33. The van der Waals surface area contributed by atoms with E-state index >= 15 is 0 Å². The fraction of sp³-hybridized carbons (Fsp3) is 0.769. The Bertz CT molecular complexity index is 356. The lowest BCUT2D eigenvalue weighted by Crippen LogP contribution is -2.36. The topological polar surface area (TPSA) is 28.2 Å². The highest BCUT2D eigenvalue weighted by molar-refractivity contribution is 7.11. The molecular formula is C13H23N3S. The van der Waals surface area contributed by atoms with Gasteiger partial charge in [-0.2, -0.15) is 0 Å². The molecule has 2 rings (SSSR count). The third kappa shape index (κ3) is 3.27. The minimum atomic E-state index is 0.719. The Morgan fingerprint density at radius 2 is 2.29 bits per heavy atom. The first kappa shape index (κ1) is 13.0. The number of nitrogens with one attached hydrogen (secondary N) is 1. The lowest BCUT2D eigenvalue weighted by molar-refractivity contribution is 0.201. The molecule has 0 radical (unpaired) electrons. The fourth-order valence-electron chi connectivity index (χ4n) is 2.53. The van der Waals surface area contributed by atoms with Crippen LogP contribution >= 0.6 is 11.3 Å². The molecule has 1 aliphatic rings. The number of thiazole rings is 1. The van der Waals surface area contributed by atoms with Crippen LogP contribution in [0.3, 0.4) is 0 Å². The average Bonchev–Trinajstić information content (AvgIpc) is 2.88. The number of aryl methyl sites for hydroxylation is 2. The molecule has 1 aromatic rings. The molecule has 1 N–H and O–H groups in total. The van der Waals surface area contributed by atoms with Crippen molar-refractivity contribution in [3.8, 4) is 0 Å². The molecule has 0 amide bonds. The Labute approximate surface area is 108 Å². The highest BCUT2D eigenvalue weighted by Gasteiger charge is 2.22. The molecule has 2 heterocycles. The van der Waals surface area contributed by atoms with Crippen molar-refractivity contribution in [1.29, 1.82) is 0 Å². The third-order valence-corrected chi connectivity index (χ3v) is 4.47. The zero-order valence-electron chi connectivity index (χ0n) is 11.1. The smallest absolute Gasteiger partial charge is 0.0900 e. The highest BCUT2D eigenvalue weighted by Crippen LogP contribution is 2.21. The molecule has 0 bridgehead atoms. The van der Waals surface area contributed by atoms with E-state index in [0.29, 0.717) is 0 Å². The maximum Gasteiger partial charge on any atom is 0.0900 e. The van der Waals surface area contributed by atoms with Crippen LogP contribution in [0.25, 0.3) is 0 Å². The van der Waals surface area contributed by atoms with Crippen LogP contribution in [0.5, 0.6) is 0 Å². The van der Waals surface area contributed by atoms with Crippen molar-refractivity contribution < 1.29 is 0 Å². The van der Waals surface area contributed by atoms with E-state index in [1.165, 1.54) is 41.5 Å². The summed E-state index contributed by atoms with van der Waals surface area (Å²) in [5.74, 6) is 0. The molecular weight excluding hydrogens is 230 g/mol. The van der Waals surface area contributed by atoms with Gasteiger partial charge in [-0.05, 0) is 39.8 Å². The lowest BCUT2D eigenvalue weighted by Gasteiger charge is -2.27. The van der Waals surface area contributed by atoms with Gasteiger partial charge < -0.3 is 5.32 Å². The van der Waals surface area contributed by atoms with E-state index in [1.807, 2.05) is 11.3 Å². The summed E-state index contributed by atoms with van der Waals surface area (Å²) in [5.41, 5.74) is 1.22. The minimum absolute atomic E-state index is 0.719. The molecule has 1 unspecified atom stereocenters. The van der Waals surface area contributed by atoms with Gasteiger partial charge in [-0.3, -0.25) is 4.90 Å². The maximum atomic E-state index is 4.53. The first-order valence-corrected chi connectivity index (χ1v) is 7.40. The Balaban J connectivity index is 2.03. The molecule has 1 aromatic heterocycles. The first-order chi connectivity index (χ1) is 8.20. The molecule has 3 nitrogen and oxygen atoms in total. The van der Waals surface area contributed by atoms with E-state index in [2.05, 4.69) is 36.0 Å². The van der Waals surface area contributed by atoms with E-state index in [-0.39, 0.29) is 0 Å². The van der Waals surface area contributed by atoms with Crippen LogP contribution in [-0.2, 0) is 6.54 Å². The second kappa shape index (κ2) is 5.94. The molecule has 17 heavy (non-hydrogen) atoms. The Kier molecular flexibility index (Phi) is 4.54. The van der Waals surface area contributed by atoms with E-state index in [4.69, 9.17) is 0 Å². The molecule has 1 fully saturated rings. The van der Waals surface area contributed by atoms with Gasteiger partial charge in [-0.1, -0.05) is 6.92 Å². The van der Waals surface area contributed by atoms with E-state index in [1.54, 1.807) is 0 Å². The zero-order valence-corrected chi connectivity index (χ0v) is 11.9. The predicted molar refractivity (Wildman–Crippen MR) is 73.6 cm³/mol. The van der Waals surface area contributed by atoms with Gasteiger partial charge in [-0.15, -0.1) is 11.3 Å². The van der Waals surface area contributed by atoms with Crippen LogP contribution in [-0.4, -0.2) is 35.6 Å². The summed E-state index contributed by atoms with van der Waals surface area (Å²) in [6, 6.07) is 0.719. The van der Waals surface area contributed by atoms with Gasteiger partial charge in [-0.25, -0.2) is 4.98 Å². The number of aromatic nitrogens is 1. The summed E-state index contributed by atoms with van der Waals surface area (Å²) in [6.07, 6.45) is 2.52. The van der Waals surface area contributed by atoms with Crippen molar-refractivity contribution in [3.05, 3.63) is 15.6 Å². The number of nitrogens with zero attached hydrogens (tertiary/aromatic N) is 2. The van der Waals surface area contributed by atoms with E-state index in [0.717, 1.165) is 19.1 Å². The standard InChI is InChI=1S/C13H23N3S/c1-4-7-16(12-5-6-14-8-12)9-13-10(2)15-11(3)17-13/h12,14H,4-9H2,1-3H3. The lowest BCUT2D eigenvalue weighted by atomic mass is 10.2. The van der Waals surface area contributed by atoms with Gasteiger partial charge in [0.1, 0.15) is 0 Å². The van der Waals surface area contributed by atoms with Gasteiger partial charge in [0, 0.05) is 24.0 Å². The van der Waals surface area contributed by atoms with Gasteiger partial charge in [0.15, 0.2) is 0 Å². The van der Waals surface area contributed by atoms with Crippen LogP contribution in [0.1, 0.15) is 35.3 Å². The van der Waals surface area contributed by atoms with E-state index < -0.39 is 0 Å². The molecule has 0 aliphatic carbocycles. The number of hydrogen-bond acceptors (Lipinski definition) is 4. The Morgan fingerprint density at radius 1 is 1.47 bits per heavy atom. The summed E-state index contributed by atoms with van der Waals surface area (Å²) in [5, 5.41) is 4.66. The molecule has 0 aromatic carbocycles. The summed E-state index contributed by atoms with van der Waals surface area (Å²) in [6.45, 7) is 11.1. The van der Waals surface area contributed by atoms with Crippen molar-refractivity contribution >= 4 is 11.3 Å². The second-order valence-corrected chi connectivity index (χ2v) is 6.15. The minimum Gasteiger partial charge on any atom is -0.315 e. The van der Waals surface area contributed by atoms with Gasteiger partial charge in [0.25, 0.3) is 0 Å². The van der Waals surface area contributed by atoms with Crippen LogP contribution in [0.15, 0.2) is 0 Å². The largest absolute Gasteiger partial charge is 0.315 e. The summed E-state index contributed by atoms with van der Waals surface area (Å²) in [7, 11) is 0. The molecule has 1 saturated heterocycles. The molecule has 4 heteroatoms. The van der Waals surface area contributed by atoms with Crippen LogP contribution in [0, 0.1) is 13.8 Å². The van der Waals surface area contributed by atoms with Crippen molar-refractivity contribution in [1.82, 2.24) is 15.2 Å². The van der Waals surface area contributed by atoms with Gasteiger partial charge in [0.05, 0.1) is 10.7 Å². The zero-order chi connectivity index (χ0) is 12.3. The number of rotatable bonds is 5. The maximum absolute atomic E-state index is 4.53. The molecule has 0 spiro atoms. The summed E-state index contributed by atoms with van der Waals surface area (Å²) in [4.78, 5) is 8.60. The molecule has 1 atom stereocenters. The number of hydrogen-bond donors (Lipinski definition) is 1. The second-order valence-electron chi connectivity index (χ2n) is 4.86. The molecule has 96 valence electrons. The Hall–Kier alpha value is -0.450. The van der Waals surface area contributed by atoms with E-state index in [9.17, 15) is 0 Å². The quantitative estimate of drug-likeness (QED) is 0.873. The monoisotopic (exact) mass is 253 g/mol. The first-order valence-electron chi connectivity index (χ1n) is 6.58. The summed E-state index contributed by atoms with van der Waals surface area (Å²) >= 11 is 1.85. The molecule has 0 saturated carbocycles.